The lowest BCUT2D eigenvalue weighted by Gasteiger charge is -2.39. The van der Waals surface area contributed by atoms with Gasteiger partial charge in [0.2, 0.25) is 0 Å². The van der Waals surface area contributed by atoms with Crippen molar-refractivity contribution in [2.24, 2.45) is 0 Å². The fourth-order valence-electron chi connectivity index (χ4n) is 3.67. The van der Waals surface area contributed by atoms with Gasteiger partial charge in [-0.1, -0.05) is 37.8 Å². The monoisotopic (exact) mass is 379 g/mol. The van der Waals surface area contributed by atoms with E-state index < -0.39 is 0 Å². The Morgan fingerprint density at radius 2 is 1.65 bits per heavy atom. The van der Waals surface area contributed by atoms with Crippen LogP contribution in [0.3, 0.4) is 0 Å². The molecule has 1 aliphatic carbocycles. The summed E-state index contributed by atoms with van der Waals surface area (Å²) in [5.41, 5.74) is 0.837. The molecule has 126 valence electrons. The highest BCUT2D eigenvalue weighted by molar-refractivity contribution is 9.10. The van der Waals surface area contributed by atoms with E-state index in [9.17, 15) is 4.79 Å². The van der Waals surface area contributed by atoms with E-state index in [1.165, 1.54) is 38.5 Å². The van der Waals surface area contributed by atoms with E-state index >= 15 is 0 Å². The largest absolute Gasteiger partial charge is 0.322 e. The van der Waals surface area contributed by atoms with Gasteiger partial charge in [0.15, 0.2) is 0 Å². The Morgan fingerprint density at radius 1 is 1.00 bits per heavy atom. The zero-order valence-electron chi connectivity index (χ0n) is 13.6. The number of benzene rings is 1. The first kappa shape index (κ1) is 16.8. The van der Waals surface area contributed by atoms with E-state index in [0.29, 0.717) is 0 Å². The summed E-state index contributed by atoms with van der Waals surface area (Å²) < 4.78 is 0.922. The maximum absolute atomic E-state index is 12.4. The van der Waals surface area contributed by atoms with Gasteiger partial charge in [-0.05, 0) is 40.9 Å². The second-order valence-electron chi connectivity index (χ2n) is 6.58. The number of urea groups is 1. The fourth-order valence-corrected chi connectivity index (χ4v) is 4.05. The first-order valence-corrected chi connectivity index (χ1v) is 9.58. The molecule has 4 nitrogen and oxygen atoms in total. The Morgan fingerprint density at radius 3 is 2.30 bits per heavy atom. The van der Waals surface area contributed by atoms with Crippen LogP contribution in [0.15, 0.2) is 28.7 Å². The third kappa shape index (κ3) is 4.48. The Bertz CT molecular complexity index is 521. The lowest BCUT2D eigenvalue weighted by Crippen LogP contribution is -2.52. The molecule has 1 saturated heterocycles. The number of para-hydroxylation sites is 1. The lowest BCUT2D eigenvalue weighted by molar-refractivity contribution is 0.105. The number of anilines is 1. The van der Waals surface area contributed by atoms with E-state index in [4.69, 9.17) is 0 Å². The van der Waals surface area contributed by atoms with Crippen molar-refractivity contribution >= 4 is 27.6 Å². The van der Waals surface area contributed by atoms with Crippen LogP contribution in [-0.4, -0.2) is 48.1 Å². The normalized spacial score (nSPS) is 21.0. The molecule has 1 aromatic carbocycles. The first-order valence-electron chi connectivity index (χ1n) is 8.78. The molecule has 2 aliphatic rings. The Kier molecular flexibility index (Phi) is 5.95. The molecule has 1 N–H and O–H groups in total. The predicted octanol–water partition coefficient (Wildman–Crippen LogP) is 4.32. The zero-order valence-corrected chi connectivity index (χ0v) is 15.2. The van der Waals surface area contributed by atoms with E-state index in [2.05, 4.69) is 26.1 Å². The molecule has 2 amide bonds. The minimum absolute atomic E-state index is 0.0115. The van der Waals surface area contributed by atoms with Gasteiger partial charge < -0.3 is 10.2 Å². The van der Waals surface area contributed by atoms with Gasteiger partial charge in [-0.2, -0.15) is 0 Å². The number of piperazine rings is 1. The molecule has 0 aromatic heterocycles. The van der Waals surface area contributed by atoms with Gasteiger partial charge in [0.25, 0.3) is 0 Å². The number of halogens is 1. The minimum Gasteiger partial charge on any atom is -0.322 e. The molecular formula is C18H26BrN3O. The number of nitrogens with zero attached hydrogens (tertiary/aromatic N) is 2. The van der Waals surface area contributed by atoms with E-state index in [-0.39, 0.29) is 6.03 Å². The van der Waals surface area contributed by atoms with Crippen LogP contribution in [0.2, 0.25) is 0 Å². The van der Waals surface area contributed by atoms with Gasteiger partial charge in [0.05, 0.1) is 5.69 Å². The lowest BCUT2D eigenvalue weighted by atomic mass is 10.1. The number of nitrogens with one attached hydrogen (secondary N) is 1. The van der Waals surface area contributed by atoms with Gasteiger partial charge in [-0.25, -0.2) is 4.79 Å². The predicted molar refractivity (Wildman–Crippen MR) is 97.8 cm³/mol. The standard InChI is InChI=1S/C18H26BrN3O/c19-16-9-5-6-10-17(16)20-18(23)22-13-11-21(12-14-22)15-7-3-1-2-4-8-15/h5-6,9-10,15H,1-4,7-8,11-14H2,(H,20,23). The quantitative estimate of drug-likeness (QED) is 0.776. The summed E-state index contributed by atoms with van der Waals surface area (Å²) in [4.78, 5) is 17.0. The third-order valence-corrected chi connectivity index (χ3v) is 5.75. The molecule has 0 spiro atoms. The molecule has 0 radical (unpaired) electrons. The Hall–Kier alpha value is -1.07. The van der Waals surface area contributed by atoms with Crippen LogP contribution in [0.5, 0.6) is 0 Å². The first-order chi connectivity index (χ1) is 11.2. The maximum atomic E-state index is 12.4. The van der Waals surface area contributed by atoms with Crippen LogP contribution in [0.25, 0.3) is 0 Å². The van der Waals surface area contributed by atoms with E-state index in [0.717, 1.165) is 42.4 Å². The molecular weight excluding hydrogens is 354 g/mol. The van der Waals surface area contributed by atoms with Crippen LogP contribution >= 0.6 is 15.9 Å². The van der Waals surface area contributed by atoms with E-state index in [1.807, 2.05) is 29.2 Å². The van der Waals surface area contributed by atoms with Crippen LogP contribution in [0, 0.1) is 0 Å². The Labute approximate surface area is 147 Å². The van der Waals surface area contributed by atoms with Crippen molar-refractivity contribution < 1.29 is 4.79 Å². The highest BCUT2D eigenvalue weighted by Crippen LogP contribution is 2.24. The van der Waals surface area contributed by atoms with Gasteiger partial charge in [0, 0.05) is 36.7 Å². The molecule has 0 unspecified atom stereocenters. The highest BCUT2D eigenvalue weighted by atomic mass is 79.9. The number of carbonyl (C=O) groups excluding carboxylic acids is 1. The average Bonchev–Trinajstić information content (AvgIpc) is 2.86. The Balaban J connectivity index is 1.50. The van der Waals surface area contributed by atoms with Crippen molar-refractivity contribution in [2.75, 3.05) is 31.5 Å². The molecule has 3 rings (SSSR count). The maximum Gasteiger partial charge on any atom is 0.321 e. The SMILES string of the molecule is O=C(Nc1ccccc1Br)N1CCN(C2CCCCCC2)CC1. The van der Waals surface area contributed by atoms with Gasteiger partial charge in [-0.3, -0.25) is 4.90 Å². The third-order valence-electron chi connectivity index (χ3n) is 5.06. The van der Waals surface area contributed by atoms with Crippen LogP contribution < -0.4 is 5.32 Å². The summed E-state index contributed by atoms with van der Waals surface area (Å²) in [5, 5.41) is 3.01. The van der Waals surface area contributed by atoms with Gasteiger partial charge >= 0.3 is 6.03 Å². The number of carbonyl (C=O) groups is 1. The number of hydrogen-bond donors (Lipinski definition) is 1. The smallest absolute Gasteiger partial charge is 0.321 e. The fraction of sp³-hybridized carbons (Fsp3) is 0.611. The van der Waals surface area contributed by atoms with Crippen LogP contribution in [0.1, 0.15) is 38.5 Å². The summed E-state index contributed by atoms with van der Waals surface area (Å²) in [6.45, 7) is 3.67. The van der Waals surface area contributed by atoms with Crippen molar-refractivity contribution in [3.63, 3.8) is 0 Å². The highest BCUT2D eigenvalue weighted by Gasteiger charge is 2.26. The summed E-state index contributed by atoms with van der Waals surface area (Å²) in [6.07, 6.45) is 8.20. The molecule has 1 saturated carbocycles. The summed E-state index contributed by atoms with van der Waals surface area (Å²) in [5.74, 6) is 0. The van der Waals surface area contributed by atoms with Crippen molar-refractivity contribution in [3.8, 4) is 0 Å². The molecule has 1 aliphatic heterocycles. The molecule has 1 aromatic rings. The van der Waals surface area contributed by atoms with E-state index in [1.54, 1.807) is 0 Å². The zero-order chi connectivity index (χ0) is 16.1. The number of amides is 2. The molecule has 23 heavy (non-hydrogen) atoms. The van der Waals surface area contributed by atoms with Gasteiger partial charge in [0.1, 0.15) is 0 Å². The second kappa shape index (κ2) is 8.15. The van der Waals surface area contributed by atoms with Crippen molar-refractivity contribution in [1.82, 2.24) is 9.80 Å². The molecule has 2 fully saturated rings. The minimum atomic E-state index is 0.0115. The van der Waals surface area contributed by atoms with Crippen molar-refractivity contribution in [1.29, 1.82) is 0 Å². The number of rotatable bonds is 2. The molecule has 0 atom stereocenters. The second-order valence-corrected chi connectivity index (χ2v) is 7.43. The van der Waals surface area contributed by atoms with Crippen LogP contribution in [-0.2, 0) is 0 Å². The average molecular weight is 380 g/mol. The summed E-state index contributed by atoms with van der Waals surface area (Å²) in [7, 11) is 0. The number of hydrogen-bond acceptors (Lipinski definition) is 2. The van der Waals surface area contributed by atoms with Crippen LogP contribution in [0.4, 0.5) is 10.5 Å². The molecule has 0 bridgehead atoms. The van der Waals surface area contributed by atoms with Crippen molar-refractivity contribution in [2.45, 2.75) is 44.6 Å². The topological polar surface area (TPSA) is 35.6 Å². The molecule has 1 heterocycles. The summed E-state index contributed by atoms with van der Waals surface area (Å²) in [6, 6.07) is 8.50. The van der Waals surface area contributed by atoms with Crippen molar-refractivity contribution in [3.05, 3.63) is 28.7 Å². The summed E-state index contributed by atoms with van der Waals surface area (Å²) >= 11 is 3.48. The van der Waals surface area contributed by atoms with Gasteiger partial charge in [-0.15, -0.1) is 0 Å². The molecule has 5 heteroatoms.